The smallest absolute Gasteiger partial charge is 0.221 e. The third-order valence-electron chi connectivity index (χ3n) is 3.11. The van der Waals surface area contributed by atoms with Crippen molar-refractivity contribution in [2.75, 3.05) is 12.0 Å². The highest BCUT2D eigenvalue weighted by molar-refractivity contribution is 7.98. The Morgan fingerprint density at radius 2 is 2.19 bits per heavy atom. The maximum absolute atomic E-state index is 11.5. The number of amides is 1. The van der Waals surface area contributed by atoms with Crippen LogP contribution in [0.3, 0.4) is 0 Å². The van der Waals surface area contributed by atoms with Crippen LogP contribution in [0.2, 0.25) is 0 Å². The van der Waals surface area contributed by atoms with Crippen LogP contribution in [0, 0.1) is 17.2 Å². The van der Waals surface area contributed by atoms with Gasteiger partial charge in [0.15, 0.2) is 0 Å². The van der Waals surface area contributed by atoms with Crippen molar-refractivity contribution in [2.45, 2.75) is 44.6 Å². The van der Waals surface area contributed by atoms with Gasteiger partial charge in [-0.15, -0.1) is 0 Å². The van der Waals surface area contributed by atoms with E-state index in [-0.39, 0.29) is 11.9 Å². The Kier molecular flexibility index (Phi) is 6.32. The maximum Gasteiger partial charge on any atom is 0.221 e. The van der Waals surface area contributed by atoms with E-state index in [2.05, 4.69) is 11.4 Å². The SMILES string of the molecule is CSCCC(=O)NC(C#N)C1CCCCC1. The van der Waals surface area contributed by atoms with E-state index in [4.69, 9.17) is 5.26 Å². The number of hydrogen-bond acceptors (Lipinski definition) is 3. The fraction of sp³-hybridized carbons (Fsp3) is 0.833. The van der Waals surface area contributed by atoms with Crippen molar-refractivity contribution in [3.8, 4) is 6.07 Å². The average molecular weight is 240 g/mol. The van der Waals surface area contributed by atoms with Crippen LogP contribution in [0.15, 0.2) is 0 Å². The van der Waals surface area contributed by atoms with Gasteiger partial charge < -0.3 is 5.32 Å². The van der Waals surface area contributed by atoms with Crippen molar-refractivity contribution in [3.63, 3.8) is 0 Å². The first kappa shape index (κ1) is 13.4. The molecule has 0 heterocycles. The van der Waals surface area contributed by atoms with Crippen molar-refractivity contribution in [1.29, 1.82) is 5.26 Å². The second-order valence-electron chi connectivity index (χ2n) is 4.32. The Hall–Kier alpha value is -0.690. The molecule has 0 aromatic rings. The summed E-state index contributed by atoms with van der Waals surface area (Å²) in [7, 11) is 0. The van der Waals surface area contributed by atoms with Crippen LogP contribution in [0.1, 0.15) is 38.5 Å². The van der Waals surface area contributed by atoms with Gasteiger partial charge in [0.2, 0.25) is 5.91 Å². The molecule has 90 valence electrons. The van der Waals surface area contributed by atoms with Gasteiger partial charge in [0, 0.05) is 12.2 Å². The molecule has 0 spiro atoms. The Labute approximate surface area is 102 Å². The molecular formula is C12H20N2OS. The molecule has 0 saturated heterocycles. The van der Waals surface area contributed by atoms with Crippen LogP contribution < -0.4 is 5.32 Å². The minimum atomic E-state index is -0.269. The third kappa shape index (κ3) is 4.44. The normalized spacial score (nSPS) is 18.8. The highest BCUT2D eigenvalue weighted by atomic mass is 32.2. The van der Waals surface area contributed by atoms with Gasteiger partial charge in [0.25, 0.3) is 0 Å². The van der Waals surface area contributed by atoms with Gasteiger partial charge in [0.1, 0.15) is 6.04 Å². The number of nitrogens with zero attached hydrogens (tertiary/aromatic N) is 1. The highest BCUT2D eigenvalue weighted by Crippen LogP contribution is 2.26. The quantitative estimate of drug-likeness (QED) is 0.802. The van der Waals surface area contributed by atoms with Crippen molar-refractivity contribution < 1.29 is 4.79 Å². The lowest BCUT2D eigenvalue weighted by molar-refractivity contribution is -0.121. The molecule has 1 aliphatic carbocycles. The molecule has 1 unspecified atom stereocenters. The van der Waals surface area contributed by atoms with Crippen LogP contribution in [-0.2, 0) is 4.79 Å². The molecule has 0 radical (unpaired) electrons. The fourth-order valence-electron chi connectivity index (χ4n) is 2.16. The van der Waals surface area contributed by atoms with E-state index in [1.165, 1.54) is 19.3 Å². The number of nitrogens with one attached hydrogen (secondary N) is 1. The minimum absolute atomic E-state index is 0.0199. The van der Waals surface area contributed by atoms with Gasteiger partial charge in [0.05, 0.1) is 6.07 Å². The molecule has 0 aromatic carbocycles. The second kappa shape index (κ2) is 7.56. The predicted molar refractivity (Wildman–Crippen MR) is 67.1 cm³/mol. The van der Waals surface area contributed by atoms with Crippen LogP contribution in [0.25, 0.3) is 0 Å². The highest BCUT2D eigenvalue weighted by Gasteiger charge is 2.24. The maximum atomic E-state index is 11.5. The Morgan fingerprint density at radius 1 is 1.50 bits per heavy atom. The largest absolute Gasteiger partial charge is 0.340 e. The Morgan fingerprint density at radius 3 is 2.75 bits per heavy atom. The zero-order valence-electron chi connectivity index (χ0n) is 9.87. The van der Waals surface area contributed by atoms with Crippen LogP contribution in [0.5, 0.6) is 0 Å². The number of hydrogen-bond donors (Lipinski definition) is 1. The van der Waals surface area contributed by atoms with Gasteiger partial charge in [-0.3, -0.25) is 4.79 Å². The summed E-state index contributed by atoms with van der Waals surface area (Å²) in [5.41, 5.74) is 0. The number of rotatable bonds is 5. The fourth-order valence-corrected chi connectivity index (χ4v) is 2.55. The van der Waals surface area contributed by atoms with Gasteiger partial charge in [-0.05, 0) is 25.0 Å². The molecule has 1 N–H and O–H groups in total. The molecule has 0 aliphatic heterocycles. The van der Waals surface area contributed by atoms with Gasteiger partial charge >= 0.3 is 0 Å². The zero-order valence-corrected chi connectivity index (χ0v) is 10.7. The van der Waals surface area contributed by atoms with E-state index in [1.807, 2.05) is 6.26 Å². The van der Waals surface area contributed by atoms with Gasteiger partial charge in [-0.2, -0.15) is 17.0 Å². The van der Waals surface area contributed by atoms with Crippen LogP contribution in [-0.4, -0.2) is 24.0 Å². The lowest BCUT2D eigenvalue weighted by atomic mass is 9.84. The number of carbonyl (C=O) groups is 1. The number of thioether (sulfide) groups is 1. The first-order chi connectivity index (χ1) is 7.77. The Bertz CT molecular complexity index is 256. The lowest BCUT2D eigenvalue weighted by Gasteiger charge is -2.26. The predicted octanol–water partition coefficient (Wildman–Crippen LogP) is 2.33. The summed E-state index contributed by atoms with van der Waals surface area (Å²) < 4.78 is 0. The summed E-state index contributed by atoms with van der Waals surface area (Å²) in [5, 5.41) is 11.9. The molecule has 1 saturated carbocycles. The summed E-state index contributed by atoms with van der Waals surface area (Å²) in [5.74, 6) is 1.22. The second-order valence-corrected chi connectivity index (χ2v) is 5.30. The first-order valence-electron chi connectivity index (χ1n) is 5.96. The number of nitriles is 1. The summed E-state index contributed by atoms with van der Waals surface area (Å²) in [6, 6.07) is 1.97. The molecule has 1 atom stereocenters. The Balaban J connectivity index is 2.36. The van der Waals surface area contributed by atoms with E-state index in [1.54, 1.807) is 11.8 Å². The first-order valence-corrected chi connectivity index (χ1v) is 7.35. The molecule has 16 heavy (non-hydrogen) atoms. The minimum Gasteiger partial charge on any atom is -0.340 e. The third-order valence-corrected chi connectivity index (χ3v) is 3.72. The van der Waals surface area contributed by atoms with E-state index >= 15 is 0 Å². The van der Waals surface area contributed by atoms with Crippen molar-refractivity contribution in [1.82, 2.24) is 5.32 Å². The van der Waals surface area contributed by atoms with Crippen molar-refractivity contribution >= 4 is 17.7 Å². The molecule has 0 aromatic heterocycles. The molecule has 1 fully saturated rings. The van der Waals surface area contributed by atoms with Crippen LogP contribution in [0.4, 0.5) is 0 Å². The summed E-state index contributed by atoms with van der Waals surface area (Å²) in [4.78, 5) is 11.5. The molecule has 4 heteroatoms. The van der Waals surface area contributed by atoms with Gasteiger partial charge in [-0.1, -0.05) is 19.3 Å². The van der Waals surface area contributed by atoms with Crippen molar-refractivity contribution in [2.24, 2.45) is 5.92 Å². The molecule has 0 bridgehead atoms. The lowest BCUT2D eigenvalue weighted by Crippen LogP contribution is -2.40. The van der Waals surface area contributed by atoms with Crippen molar-refractivity contribution in [3.05, 3.63) is 0 Å². The topological polar surface area (TPSA) is 52.9 Å². The van der Waals surface area contributed by atoms with Crippen LogP contribution >= 0.6 is 11.8 Å². The van der Waals surface area contributed by atoms with E-state index in [9.17, 15) is 4.79 Å². The summed E-state index contributed by atoms with van der Waals surface area (Å²) >= 11 is 1.66. The van der Waals surface area contributed by atoms with Gasteiger partial charge in [-0.25, -0.2) is 0 Å². The molecule has 1 amide bonds. The summed E-state index contributed by atoms with van der Waals surface area (Å²) in [6.07, 6.45) is 8.34. The molecule has 1 rings (SSSR count). The van der Waals surface area contributed by atoms with E-state index in [0.29, 0.717) is 12.3 Å². The average Bonchev–Trinajstić information content (AvgIpc) is 2.34. The molecule has 3 nitrogen and oxygen atoms in total. The molecule has 1 aliphatic rings. The summed E-state index contributed by atoms with van der Waals surface area (Å²) in [6.45, 7) is 0. The standard InChI is InChI=1S/C12H20N2OS/c1-16-8-7-12(15)14-11(9-13)10-5-3-2-4-6-10/h10-11H,2-8H2,1H3,(H,14,15). The zero-order chi connectivity index (χ0) is 11.8. The number of carbonyl (C=O) groups excluding carboxylic acids is 1. The van der Waals surface area contributed by atoms with E-state index < -0.39 is 0 Å². The molecular weight excluding hydrogens is 220 g/mol. The van der Waals surface area contributed by atoms with E-state index in [0.717, 1.165) is 18.6 Å². The monoisotopic (exact) mass is 240 g/mol.